The van der Waals surface area contributed by atoms with Crippen molar-refractivity contribution in [3.8, 4) is 94.7 Å². The molecule has 16 aromatic carbocycles. The number of rotatable bonds is 11. The van der Waals surface area contributed by atoms with Gasteiger partial charge in [0.15, 0.2) is 0 Å². The fraction of sp³-hybridized carbons (Fsp3) is 0.0408. The molecule has 3 nitrogen and oxygen atoms in total. The largest absolute Gasteiger partial charge is 0.310 e. The maximum absolute atomic E-state index is 2.70. The molecule has 19 rings (SSSR count). The van der Waals surface area contributed by atoms with Gasteiger partial charge in [-0.2, -0.15) is 0 Å². The molecule has 0 aliphatic carbocycles. The Balaban J connectivity index is 1.03. The van der Waals surface area contributed by atoms with Crippen LogP contribution in [0, 0.1) is 0 Å². The van der Waals surface area contributed by atoms with E-state index < -0.39 is 0 Å². The number of hydrogen-bond donors (Lipinski definition) is 0. The van der Waals surface area contributed by atoms with Gasteiger partial charge in [-0.25, -0.2) is 0 Å². The van der Waals surface area contributed by atoms with Crippen LogP contribution in [0.2, 0.25) is 0 Å². The molecule has 0 amide bonds. The molecule has 0 unspecified atom stereocenters. The smallest absolute Gasteiger partial charge is 0.252 e. The molecular formula is C98H70BN3. The second-order valence-electron chi connectivity index (χ2n) is 28.3. The average molecular weight is 1300 g/mol. The quantitative estimate of drug-likeness (QED) is 0.120. The van der Waals surface area contributed by atoms with E-state index in [-0.39, 0.29) is 12.1 Å². The van der Waals surface area contributed by atoms with Crippen molar-refractivity contribution in [2.24, 2.45) is 0 Å². The van der Waals surface area contributed by atoms with Crippen molar-refractivity contribution in [1.82, 2.24) is 4.57 Å². The van der Waals surface area contributed by atoms with Gasteiger partial charge in [0.2, 0.25) is 0 Å². The van der Waals surface area contributed by atoms with Crippen molar-refractivity contribution < 1.29 is 0 Å². The van der Waals surface area contributed by atoms with E-state index >= 15 is 0 Å². The molecule has 480 valence electrons. The number of anilines is 6. The van der Waals surface area contributed by atoms with Crippen LogP contribution in [0.1, 0.15) is 26.3 Å². The second-order valence-corrected chi connectivity index (χ2v) is 28.3. The lowest BCUT2D eigenvalue weighted by Gasteiger charge is -2.46. The minimum absolute atomic E-state index is 0.104. The number of aromatic nitrogens is 1. The fourth-order valence-corrected chi connectivity index (χ4v) is 16.5. The molecule has 3 heterocycles. The van der Waals surface area contributed by atoms with Crippen LogP contribution in [0.5, 0.6) is 0 Å². The summed E-state index contributed by atoms with van der Waals surface area (Å²) in [4.78, 5) is 5.39. The lowest BCUT2D eigenvalue weighted by Crippen LogP contribution is -2.61. The van der Waals surface area contributed by atoms with E-state index in [1.807, 2.05) is 0 Å². The van der Waals surface area contributed by atoms with E-state index in [9.17, 15) is 0 Å². The summed E-state index contributed by atoms with van der Waals surface area (Å²) in [7, 11) is 0. The minimum Gasteiger partial charge on any atom is -0.310 e. The molecule has 0 bridgehead atoms. The summed E-state index contributed by atoms with van der Waals surface area (Å²) in [5.41, 5.74) is 33.0. The minimum atomic E-state index is -0.279. The lowest BCUT2D eigenvalue weighted by molar-refractivity contribution is 0.591. The Morgan fingerprint density at radius 2 is 0.608 bits per heavy atom. The van der Waals surface area contributed by atoms with Gasteiger partial charge in [-0.05, 0) is 172 Å². The van der Waals surface area contributed by atoms with E-state index in [4.69, 9.17) is 0 Å². The molecule has 2 aliphatic rings. The zero-order valence-corrected chi connectivity index (χ0v) is 57.1. The van der Waals surface area contributed by atoms with Gasteiger partial charge in [-0.3, -0.25) is 0 Å². The molecule has 0 atom stereocenters. The van der Waals surface area contributed by atoms with Gasteiger partial charge >= 0.3 is 0 Å². The van der Waals surface area contributed by atoms with Gasteiger partial charge in [-0.1, -0.05) is 324 Å². The second kappa shape index (κ2) is 24.6. The first-order chi connectivity index (χ1) is 50.3. The van der Waals surface area contributed by atoms with Crippen LogP contribution < -0.4 is 26.2 Å². The van der Waals surface area contributed by atoms with Gasteiger partial charge in [0.1, 0.15) is 0 Å². The number of fused-ring (bicyclic) bond motifs is 9. The van der Waals surface area contributed by atoms with Crippen LogP contribution in [-0.2, 0) is 5.41 Å². The molecule has 0 saturated heterocycles. The topological polar surface area (TPSA) is 11.4 Å². The highest BCUT2D eigenvalue weighted by molar-refractivity contribution is 7.00. The number of nitrogens with zero attached hydrogens (tertiary/aromatic N) is 3. The molecule has 17 aromatic rings. The van der Waals surface area contributed by atoms with Gasteiger partial charge in [0, 0.05) is 55.8 Å². The van der Waals surface area contributed by atoms with Crippen molar-refractivity contribution in [3.63, 3.8) is 0 Å². The zero-order chi connectivity index (χ0) is 68.0. The van der Waals surface area contributed by atoms with Gasteiger partial charge < -0.3 is 14.4 Å². The molecule has 2 aliphatic heterocycles. The Morgan fingerprint density at radius 1 is 0.255 bits per heavy atom. The fourth-order valence-electron chi connectivity index (χ4n) is 16.5. The van der Waals surface area contributed by atoms with E-state index in [1.54, 1.807) is 0 Å². The maximum atomic E-state index is 2.70. The predicted octanol–water partition coefficient (Wildman–Crippen LogP) is 24.7. The molecule has 1 aromatic heterocycles. The summed E-state index contributed by atoms with van der Waals surface area (Å²) >= 11 is 0. The summed E-state index contributed by atoms with van der Waals surface area (Å²) < 4.78 is 2.59. The molecule has 4 heteroatoms. The van der Waals surface area contributed by atoms with Crippen LogP contribution in [0.3, 0.4) is 0 Å². The van der Waals surface area contributed by atoms with Crippen molar-refractivity contribution >= 4 is 89.8 Å². The van der Waals surface area contributed by atoms with E-state index in [0.29, 0.717) is 0 Å². The van der Waals surface area contributed by atoms with E-state index in [1.165, 1.54) is 43.5 Å². The Bertz CT molecular complexity index is 5660. The zero-order valence-electron chi connectivity index (χ0n) is 57.1. The molecule has 0 saturated carbocycles. The third-order valence-electron chi connectivity index (χ3n) is 21.3. The van der Waals surface area contributed by atoms with Gasteiger partial charge in [0.05, 0.1) is 28.1 Å². The highest BCUT2D eigenvalue weighted by atomic mass is 15.2. The van der Waals surface area contributed by atoms with E-state index in [0.717, 1.165) is 140 Å². The predicted molar refractivity (Wildman–Crippen MR) is 434 cm³/mol. The summed E-state index contributed by atoms with van der Waals surface area (Å²) in [5, 5.41) is 4.92. The standard InChI is InChI=1S/C98H70BN3/c1-98(2,3)78-51-55-88-85(62-78)94-80-47-29-28-46-73(80)48-54-91(94)100(88)79-63-92-95-93(64-79)102(97-83(71-42-24-10-25-43-71)58-77(68-36-18-7-19-37-68)59-84(97)72-44-26-11-27-45-72)90-53-50-75(66-32-14-5-15-33-66)61-87(90)99(95)86-60-74(65-30-12-4-13-31-65)49-52-89(86)101(92)96-81(69-38-20-8-21-39-69)56-76(67-34-16-6-17-35-67)57-82(96)70-40-22-9-23-41-70/h4-64H,1-3H3. The summed E-state index contributed by atoms with van der Waals surface area (Å²) in [6, 6.07) is 139. The SMILES string of the molecule is CC(C)(C)c1ccc2c(c1)c1c3ccccc3ccc1n2-c1cc2c3c(c1)N(c1c(-c4ccccc4)cc(-c4ccccc4)cc1-c1ccccc1)c1ccc(-c4ccccc4)cc1B3c1cc(-c3ccccc3)ccc1N2c1c(-c2ccccc2)cc(-c2ccccc2)cc1-c1ccccc1. The highest BCUT2D eigenvalue weighted by Crippen LogP contribution is 2.56. The Morgan fingerprint density at radius 3 is 1.00 bits per heavy atom. The van der Waals surface area contributed by atoms with Crippen molar-refractivity contribution in [2.75, 3.05) is 9.80 Å². The first-order valence-electron chi connectivity index (χ1n) is 35.6. The molecule has 0 fully saturated rings. The average Bonchev–Trinajstić information content (AvgIpc) is 0.864. The van der Waals surface area contributed by atoms with Gasteiger partial charge in [0.25, 0.3) is 6.71 Å². The number of benzene rings is 16. The summed E-state index contributed by atoms with van der Waals surface area (Å²) in [5.74, 6) is 0. The lowest BCUT2D eigenvalue weighted by atomic mass is 9.33. The van der Waals surface area contributed by atoms with Crippen LogP contribution in [0.25, 0.3) is 127 Å². The van der Waals surface area contributed by atoms with E-state index in [2.05, 4.69) is 405 Å². The Kier molecular flexibility index (Phi) is 14.6. The van der Waals surface area contributed by atoms with Crippen LogP contribution in [0.4, 0.5) is 34.1 Å². The summed E-state index contributed by atoms with van der Waals surface area (Å²) in [6.45, 7) is 6.72. The van der Waals surface area contributed by atoms with Gasteiger partial charge in [-0.15, -0.1) is 0 Å². The van der Waals surface area contributed by atoms with Crippen molar-refractivity contribution in [3.05, 3.63) is 376 Å². The third-order valence-corrected chi connectivity index (χ3v) is 21.3. The summed E-state index contributed by atoms with van der Waals surface area (Å²) in [6.07, 6.45) is 0. The van der Waals surface area contributed by atoms with Crippen LogP contribution in [-0.4, -0.2) is 11.3 Å². The van der Waals surface area contributed by atoms with Crippen LogP contribution in [0.15, 0.2) is 370 Å². The first kappa shape index (κ1) is 60.4. The normalized spacial score (nSPS) is 12.4. The monoisotopic (exact) mass is 1300 g/mol. The molecule has 0 N–H and O–H groups in total. The molecule has 0 spiro atoms. The molecular weight excluding hydrogens is 1230 g/mol. The van der Waals surface area contributed by atoms with Crippen molar-refractivity contribution in [2.45, 2.75) is 26.2 Å². The number of hydrogen-bond acceptors (Lipinski definition) is 2. The Hall–Kier alpha value is -12.8. The third kappa shape index (κ3) is 10.2. The molecule has 0 radical (unpaired) electrons. The van der Waals surface area contributed by atoms with Crippen molar-refractivity contribution in [1.29, 1.82) is 0 Å². The molecule has 102 heavy (non-hydrogen) atoms. The first-order valence-corrected chi connectivity index (χ1v) is 35.6. The van der Waals surface area contributed by atoms with Crippen LogP contribution >= 0.6 is 0 Å². The Labute approximate surface area is 596 Å². The maximum Gasteiger partial charge on any atom is 0.252 e. The highest BCUT2D eigenvalue weighted by Gasteiger charge is 2.46.